The zero-order chi connectivity index (χ0) is 19.7. The number of H-pyrrole nitrogens is 1. The van der Waals surface area contributed by atoms with E-state index in [2.05, 4.69) is 4.98 Å². The van der Waals surface area contributed by atoms with Crippen LogP contribution in [0.5, 0.6) is 0 Å². The van der Waals surface area contributed by atoms with E-state index in [1.54, 1.807) is 9.80 Å². The maximum atomic E-state index is 12.9. The molecule has 9 nitrogen and oxygen atoms in total. The van der Waals surface area contributed by atoms with Gasteiger partial charge in [-0.05, 0) is 31.7 Å². The monoisotopic (exact) mass is 410 g/mol. The third kappa shape index (κ3) is 3.68. The topological polar surface area (TPSA) is 103 Å². The van der Waals surface area contributed by atoms with E-state index in [-0.39, 0.29) is 35.9 Å². The number of carbonyl (C=O) groups excluding carboxylic acids is 2. The average molecular weight is 410 g/mol. The van der Waals surface area contributed by atoms with Crippen LogP contribution in [0, 0.1) is 0 Å². The van der Waals surface area contributed by atoms with Gasteiger partial charge < -0.3 is 19.5 Å². The van der Waals surface area contributed by atoms with E-state index in [9.17, 15) is 18.0 Å². The van der Waals surface area contributed by atoms with Crippen LogP contribution in [0.1, 0.15) is 36.2 Å². The molecule has 1 atom stereocenters. The third-order valence-corrected chi connectivity index (χ3v) is 7.55. The number of nitrogens with zero attached hydrogens (tertiary/aromatic N) is 3. The molecule has 10 heteroatoms. The van der Waals surface area contributed by atoms with Crippen LogP contribution >= 0.6 is 0 Å². The van der Waals surface area contributed by atoms with Crippen molar-refractivity contribution in [3.8, 4) is 0 Å². The lowest BCUT2D eigenvalue weighted by atomic mass is 10.2. The largest absolute Gasteiger partial charge is 0.368 e. The summed E-state index contributed by atoms with van der Waals surface area (Å²) in [7, 11) is -3.70. The smallest absolute Gasteiger partial charge is 0.270 e. The molecule has 3 aliphatic rings. The fraction of sp³-hybridized carbons (Fsp3) is 0.667. The van der Waals surface area contributed by atoms with E-state index in [1.807, 2.05) is 0 Å². The Kier molecular flexibility index (Phi) is 5.44. The fourth-order valence-corrected chi connectivity index (χ4v) is 5.43. The Morgan fingerprint density at radius 3 is 2.36 bits per heavy atom. The molecule has 0 aromatic carbocycles. The van der Waals surface area contributed by atoms with Crippen molar-refractivity contribution < 1.29 is 22.7 Å². The van der Waals surface area contributed by atoms with Crippen molar-refractivity contribution in [2.75, 3.05) is 45.9 Å². The Morgan fingerprint density at radius 1 is 1.00 bits per heavy atom. The summed E-state index contributed by atoms with van der Waals surface area (Å²) >= 11 is 0. The normalized spacial score (nSPS) is 24.1. The lowest BCUT2D eigenvalue weighted by Crippen LogP contribution is -2.52. The van der Waals surface area contributed by atoms with Crippen LogP contribution in [0.15, 0.2) is 17.2 Å². The Labute approximate surface area is 164 Å². The van der Waals surface area contributed by atoms with Crippen LogP contribution in [-0.2, 0) is 19.6 Å². The SMILES string of the molecule is O=C(c1cc(S(=O)(=O)N2CCN(C(=O)C3CCCO3)CC2)c[nH]1)N1CCCC1. The number of ether oxygens (including phenoxy) is 1. The van der Waals surface area contributed by atoms with Gasteiger partial charge in [0.1, 0.15) is 16.7 Å². The zero-order valence-corrected chi connectivity index (χ0v) is 16.6. The van der Waals surface area contributed by atoms with Crippen molar-refractivity contribution in [3.63, 3.8) is 0 Å². The van der Waals surface area contributed by atoms with Gasteiger partial charge in [0, 0.05) is 52.1 Å². The van der Waals surface area contributed by atoms with Gasteiger partial charge in [-0.15, -0.1) is 0 Å². The molecule has 0 radical (unpaired) electrons. The first-order valence-electron chi connectivity index (χ1n) is 9.85. The van der Waals surface area contributed by atoms with Gasteiger partial charge in [0.25, 0.3) is 11.8 Å². The van der Waals surface area contributed by atoms with Crippen molar-refractivity contribution in [1.29, 1.82) is 0 Å². The molecule has 3 saturated heterocycles. The summed E-state index contributed by atoms with van der Waals surface area (Å²) in [5, 5.41) is 0. The first kappa shape index (κ1) is 19.4. The summed E-state index contributed by atoms with van der Waals surface area (Å²) in [6.07, 6.45) is 4.57. The van der Waals surface area contributed by atoms with Crippen LogP contribution < -0.4 is 0 Å². The molecule has 1 aromatic rings. The predicted molar refractivity (Wildman–Crippen MR) is 100 cm³/mol. The van der Waals surface area contributed by atoms with Gasteiger partial charge in [0.05, 0.1) is 0 Å². The number of amides is 2. The van der Waals surface area contributed by atoms with E-state index in [4.69, 9.17) is 4.74 Å². The Balaban J connectivity index is 1.39. The van der Waals surface area contributed by atoms with Crippen LogP contribution in [-0.4, -0.2) is 91.3 Å². The third-order valence-electron chi connectivity index (χ3n) is 5.67. The number of nitrogens with one attached hydrogen (secondary N) is 1. The second kappa shape index (κ2) is 7.84. The molecule has 1 aromatic heterocycles. The maximum Gasteiger partial charge on any atom is 0.270 e. The molecule has 1 N–H and O–H groups in total. The molecule has 0 bridgehead atoms. The lowest BCUT2D eigenvalue weighted by Gasteiger charge is -2.34. The van der Waals surface area contributed by atoms with Crippen LogP contribution in [0.3, 0.4) is 0 Å². The summed E-state index contributed by atoms with van der Waals surface area (Å²) in [6.45, 7) is 3.20. The van der Waals surface area contributed by atoms with Crippen molar-refractivity contribution in [1.82, 2.24) is 19.1 Å². The molecule has 3 aliphatic heterocycles. The van der Waals surface area contributed by atoms with Crippen LogP contribution in [0.2, 0.25) is 0 Å². The molecule has 2 amide bonds. The molecule has 0 aliphatic carbocycles. The summed E-state index contributed by atoms with van der Waals surface area (Å²) in [5.41, 5.74) is 0.299. The highest BCUT2D eigenvalue weighted by molar-refractivity contribution is 7.89. The second-order valence-electron chi connectivity index (χ2n) is 7.48. The van der Waals surface area contributed by atoms with Gasteiger partial charge in [-0.3, -0.25) is 9.59 Å². The molecule has 4 rings (SSSR count). The lowest BCUT2D eigenvalue weighted by molar-refractivity contribution is -0.142. The number of aromatic nitrogens is 1. The van der Waals surface area contributed by atoms with Crippen molar-refractivity contribution in [2.45, 2.75) is 36.7 Å². The number of aromatic amines is 1. The van der Waals surface area contributed by atoms with E-state index in [0.717, 1.165) is 25.7 Å². The van der Waals surface area contributed by atoms with E-state index < -0.39 is 10.0 Å². The minimum atomic E-state index is -3.70. The predicted octanol–water partition coefficient (Wildman–Crippen LogP) is 0.263. The van der Waals surface area contributed by atoms with Crippen LogP contribution in [0.4, 0.5) is 0 Å². The quantitative estimate of drug-likeness (QED) is 0.767. The van der Waals surface area contributed by atoms with Crippen LogP contribution in [0.25, 0.3) is 0 Å². The highest BCUT2D eigenvalue weighted by Crippen LogP contribution is 2.22. The van der Waals surface area contributed by atoms with E-state index in [1.165, 1.54) is 16.6 Å². The van der Waals surface area contributed by atoms with E-state index >= 15 is 0 Å². The van der Waals surface area contributed by atoms with Gasteiger partial charge in [-0.2, -0.15) is 4.31 Å². The molecular formula is C18H26N4O5S. The number of hydrogen-bond acceptors (Lipinski definition) is 5. The number of likely N-dealkylation sites (tertiary alicyclic amines) is 1. The van der Waals surface area contributed by atoms with Gasteiger partial charge in [-0.1, -0.05) is 0 Å². The summed E-state index contributed by atoms with van der Waals surface area (Å²) in [5.74, 6) is -0.208. The number of sulfonamides is 1. The van der Waals surface area contributed by atoms with Gasteiger partial charge in [-0.25, -0.2) is 8.42 Å². The summed E-state index contributed by atoms with van der Waals surface area (Å²) in [6, 6.07) is 1.42. The number of hydrogen-bond donors (Lipinski definition) is 1. The number of rotatable bonds is 4. The van der Waals surface area contributed by atoms with Crippen molar-refractivity contribution in [2.24, 2.45) is 0 Å². The molecular weight excluding hydrogens is 384 g/mol. The van der Waals surface area contributed by atoms with Gasteiger partial charge >= 0.3 is 0 Å². The number of piperazine rings is 1. The molecule has 0 spiro atoms. The minimum Gasteiger partial charge on any atom is -0.368 e. The first-order valence-corrected chi connectivity index (χ1v) is 11.3. The molecule has 3 fully saturated rings. The molecule has 0 saturated carbocycles. The zero-order valence-electron chi connectivity index (χ0n) is 15.8. The molecule has 1 unspecified atom stereocenters. The van der Waals surface area contributed by atoms with E-state index in [0.29, 0.717) is 38.5 Å². The average Bonchev–Trinajstić information content (AvgIpc) is 3.49. The molecule has 154 valence electrons. The van der Waals surface area contributed by atoms with Gasteiger partial charge in [0.15, 0.2) is 0 Å². The Hall–Kier alpha value is -1.91. The fourth-order valence-electron chi connectivity index (χ4n) is 4.01. The second-order valence-corrected chi connectivity index (χ2v) is 9.42. The highest BCUT2D eigenvalue weighted by atomic mass is 32.2. The summed E-state index contributed by atoms with van der Waals surface area (Å²) in [4.78, 5) is 31.2. The standard InChI is InChI=1S/C18H26N4O5S/c23-17(20-5-1-2-6-20)15-12-14(13-19-15)28(25,26)22-9-7-21(8-10-22)18(24)16-4-3-11-27-16/h12-13,16,19H,1-11H2. The number of carbonyl (C=O) groups is 2. The Morgan fingerprint density at radius 2 is 1.71 bits per heavy atom. The minimum absolute atomic E-state index is 0.0466. The van der Waals surface area contributed by atoms with Gasteiger partial charge in [0.2, 0.25) is 10.0 Å². The Bertz CT molecular complexity index is 832. The van der Waals surface area contributed by atoms with Crippen molar-refractivity contribution in [3.05, 3.63) is 18.0 Å². The first-order chi connectivity index (χ1) is 13.5. The summed E-state index contributed by atoms with van der Waals surface area (Å²) < 4.78 is 32.7. The van der Waals surface area contributed by atoms with Crippen molar-refractivity contribution >= 4 is 21.8 Å². The highest BCUT2D eigenvalue weighted by Gasteiger charge is 2.34. The molecule has 28 heavy (non-hydrogen) atoms. The molecule has 4 heterocycles. The maximum absolute atomic E-state index is 12.9.